The number of rotatable bonds is 8. The second-order valence-corrected chi connectivity index (χ2v) is 11.5. The number of hydrogen-bond acceptors (Lipinski definition) is 5. The molecule has 4 rings (SSSR count). The Labute approximate surface area is 213 Å². The van der Waals surface area contributed by atoms with Gasteiger partial charge in [-0.1, -0.05) is 60.2 Å². The lowest BCUT2D eigenvalue weighted by Crippen LogP contribution is -2.27. The molecule has 0 saturated carbocycles. The monoisotopic (exact) mass is 522 g/mol. The molecule has 4 aromatic rings. The highest BCUT2D eigenvalue weighted by Gasteiger charge is 2.30. The Hall–Kier alpha value is -3.38. The lowest BCUT2D eigenvalue weighted by Gasteiger charge is -2.26. The molecule has 6 nitrogen and oxygen atoms in total. The zero-order chi connectivity index (χ0) is 25.9. The summed E-state index contributed by atoms with van der Waals surface area (Å²) in [4.78, 5) is -0.132. The van der Waals surface area contributed by atoms with Gasteiger partial charge in [0.15, 0.2) is 0 Å². The van der Waals surface area contributed by atoms with Crippen LogP contribution >= 0.6 is 7.92 Å². The summed E-state index contributed by atoms with van der Waals surface area (Å²) in [6.07, 6.45) is 0. The SMILES string of the molecule is COc1ccccc1P(c1ccccc1-c1c(OC)cccc1OC)c1cc(C)ccc1S(=O)(=O)O. The number of para-hydroxylation sites is 1. The van der Waals surface area contributed by atoms with Gasteiger partial charge in [0, 0.05) is 10.6 Å². The van der Waals surface area contributed by atoms with Crippen LogP contribution in [0.1, 0.15) is 5.56 Å². The van der Waals surface area contributed by atoms with Crippen molar-refractivity contribution in [1.82, 2.24) is 0 Å². The van der Waals surface area contributed by atoms with E-state index < -0.39 is 18.0 Å². The van der Waals surface area contributed by atoms with E-state index in [1.807, 2.05) is 79.7 Å². The first-order valence-electron chi connectivity index (χ1n) is 11.1. The molecule has 1 atom stereocenters. The van der Waals surface area contributed by atoms with Crippen molar-refractivity contribution in [2.45, 2.75) is 11.8 Å². The van der Waals surface area contributed by atoms with Gasteiger partial charge in [0.05, 0.1) is 26.9 Å². The summed E-state index contributed by atoms with van der Waals surface area (Å²) in [7, 11) is -1.26. The molecular weight excluding hydrogens is 495 g/mol. The van der Waals surface area contributed by atoms with Gasteiger partial charge in [-0.25, -0.2) is 0 Å². The van der Waals surface area contributed by atoms with Gasteiger partial charge in [0.2, 0.25) is 0 Å². The Balaban J connectivity index is 2.14. The molecule has 0 spiro atoms. The minimum Gasteiger partial charge on any atom is -0.496 e. The zero-order valence-corrected chi connectivity index (χ0v) is 22.1. The molecule has 0 bridgehead atoms. The normalized spacial score (nSPS) is 12.1. The Bertz CT molecular complexity index is 1480. The van der Waals surface area contributed by atoms with E-state index in [9.17, 15) is 13.0 Å². The number of ether oxygens (including phenoxy) is 3. The fourth-order valence-electron chi connectivity index (χ4n) is 4.22. The smallest absolute Gasteiger partial charge is 0.295 e. The lowest BCUT2D eigenvalue weighted by molar-refractivity contribution is 0.397. The minimum atomic E-state index is -4.51. The van der Waals surface area contributed by atoms with E-state index in [1.165, 1.54) is 6.07 Å². The van der Waals surface area contributed by atoms with E-state index in [0.29, 0.717) is 22.6 Å². The standard InChI is InChI=1S/C28H27O6PS/c1-19-16-17-27(36(29,30)31)26(18-19)35(25-15-8-6-11-21(25)32-2)24-14-7-5-10-20(24)28-22(33-3)12-9-13-23(28)34-4/h5-18H,1-4H3,(H,29,30,31). The average Bonchev–Trinajstić information content (AvgIpc) is 2.88. The third-order valence-electron chi connectivity index (χ3n) is 5.80. The van der Waals surface area contributed by atoms with E-state index in [1.54, 1.807) is 27.4 Å². The van der Waals surface area contributed by atoms with Gasteiger partial charge in [0.1, 0.15) is 22.1 Å². The van der Waals surface area contributed by atoms with Crippen LogP contribution < -0.4 is 30.1 Å². The molecule has 8 heteroatoms. The first kappa shape index (κ1) is 25.7. The van der Waals surface area contributed by atoms with Crippen LogP contribution in [-0.2, 0) is 10.1 Å². The molecule has 36 heavy (non-hydrogen) atoms. The molecule has 186 valence electrons. The molecule has 0 amide bonds. The van der Waals surface area contributed by atoms with Crippen LogP contribution in [0, 0.1) is 6.92 Å². The van der Waals surface area contributed by atoms with Crippen LogP contribution in [-0.4, -0.2) is 34.3 Å². The van der Waals surface area contributed by atoms with Crippen LogP contribution in [0.15, 0.2) is 89.8 Å². The van der Waals surface area contributed by atoms with Gasteiger partial charge in [0.25, 0.3) is 10.1 Å². The summed E-state index contributed by atoms with van der Waals surface area (Å²) in [5.74, 6) is 1.86. The number of hydrogen-bond donors (Lipinski definition) is 1. The second kappa shape index (κ2) is 10.7. The molecule has 1 N–H and O–H groups in total. The number of aryl methyl sites for hydroxylation is 1. The summed E-state index contributed by atoms with van der Waals surface area (Å²) in [6, 6.07) is 25.8. The molecule has 4 aromatic carbocycles. The van der Waals surface area contributed by atoms with Crippen molar-refractivity contribution in [3.63, 3.8) is 0 Å². The minimum absolute atomic E-state index is 0.132. The largest absolute Gasteiger partial charge is 0.496 e. The molecular formula is C28H27O6PS. The van der Waals surface area contributed by atoms with Crippen molar-refractivity contribution >= 4 is 34.0 Å². The third kappa shape index (κ3) is 4.96. The predicted octanol–water partition coefficient (Wildman–Crippen LogP) is 4.69. The maximum Gasteiger partial charge on any atom is 0.295 e. The summed E-state index contributed by atoms with van der Waals surface area (Å²) < 4.78 is 52.4. The van der Waals surface area contributed by atoms with Crippen molar-refractivity contribution in [3.05, 3.63) is 90.5 Å². The van der Waals surface area contributed by atoms with Crippen molar-refractivity contribution in [2.75, 3.05) is 21.3 Å². The Kier molecular flexibility index (Phi) is 7.65. The van der Waals surface area contributed by atoms with Gasteiger partial charge >= 0.3 is 0 Å². The van der Waals surface area contributed by atoms with Crippen LogP contribution in [0.3, 0.4) is 0 Å². The van der Waals surface area contributed by atoms with E-state index in [0.717, 1.165) is 27.3 Å². The third-order valence-corrected chi connectivity index (χ3v) is 9.44. The average molecular weight is 523 g/mol. The molecule has 0 heterocycles. The molecule has 0 aromatic heterocycles. The number of benzene rings is 4. The molecule has 0 radical (unpaired) electrons. The fourth-order valence-corrected chi connectivity index (χ4v) is 8.09. The topological polar surface area (TPSA) is 82.1 Å². The summed E-state index contributed by atoms with van der Waals surface area (Å²) in [6.45, 7) is 1.89. The first-order valence-corrected chi connectivity index (χ1v) is 13.9. The highest BCUT2D eigenvalue weighted by atomic mass is 32.2. The van der Waals surface area contributed by atoms with E-state index in [4.69, 9.17) is 14.2 Å². The highest BCUT2D eigenvalue weighted by molar-refractivity contribution is 7.88. The van der Waals surface area contributed by atoms with Crippen LogP contribution in [0.4, 0.5) is 0 Å². The number of methoxy groups -OCH3 is 3. The molecule has 1 unspecified atom stereocenters. The summed E-state index contributed by atoms with van der Waals surface area (Å²) in [5, 5.41) is 2.17. The lowest BCUT2D eigenvalue weighted by atomic mass is 10.0. The van der Waals surface area contributed by atoms with Crippen LogP contribution in [0.2, 0.25) is 0 Å². The maximum atomic E-state index is 12.5. The Morgan fingerprint density at radius 2 is 1.22 bits per heavy atom. The first-order chi connectivity index (χ1) is 17.3. The van der Waals surface area contributed by atoms with Gasteiger partial charge in [-0.15, -0.1) is 0 Å². The molecule has 0 aliphatic rings. The molecule has 0 aliphatic heterocycles. The van der Waals surface area contributed by atoms with Gasteiger partial charge in [-0.3, -0.25) is 4.55 Å². The molecule has 0 fully saturated rings. The van der Waals surface area contributed by atoms with Crippen molar-refractivity contribution in [3.8, 4) is 28.4 Å². The van der Waals surface area contributed by atoms with Gasteiger partial charge in [-0.2, -0.15) is 8.42 Å². The van der Waals surface area contributed by atoms with Crippen LogP contribution in [0.5, 0.6) is 17.2 Å². The Morgan fingerprint density at radius 3 is 1.83 bits per heavy atom. The van der Waals surface area contributed by atoms with E-state index in [2.05, 4.69) is 0 Å². The zero-order valence-electron chi connectivity index (χ0n) is 20.4. The second-order valence-electron chi connectivity index (χ2n) is 8.01. The van der Waals surface area contributed by atoms with E-state index >= 15 is 0 Å². The molecule has 0 aliphatic carbocycles. The quantitative estimate of drug-likeness (QED) is 0.267. The van der Waals surface area contributed by atoms with Crippen molar-refractivity contribution in [1.29, 1.82) is 0 Å². The predicted molar refractivity (Wildman–Crippen MR) is 145 cm³/mol. The van der Waals surface area contributed by atoms with Crippen LogP contribution in [0.25, 0.3) is 11.1 Å². The van der Waals surface area contributed by atoms with Gasteiger partial charge in [-0.05, 0) is 56.0 Å². The molecule has 0 saturated heterocycles. The van der Waals surface area contributed by atoms with Crippen molar-refractivity contribution < 1.29 is 27.2 Å². The summed E-state index contributed by atoms with van der Waals surface area (Å²) in [5.41, 5.74) is 2.44. The van der Waals surface area contributed by atoms with E-state index in [-0.39, 0.29) is 4.90 Å². The maximum absolute atomic E-state index is 12.5. The van der Waals surface area contributed by atoms with Crippen molar-refractivity contribution in [2.24, 2.45) is 0 Å². The Morgan fingerprint density at radius 1 is 0.667 bits per heavy atom. The highest BCUT2D eigenvalue weighted by Crippen LogP contribution is 2.45. The summed E-state index contributed by atoms with van der Waals surface area (Å²) >= 11 is 0. The fraction of sp³-hybridized carbons (Fsp3) is 0.143. The van der Waals surface area contributed by atoms with Gasteiger partial charge < -0.3 is 14.2 Å².